The first-order valence-corrected chi connectivity index (χ1v) is 6.61. The zero-order chi connectivity index (χ0) is 12.4. The van der Waals surface area contributed by atoms with Gasteiger partial charge in [-0.1, -0.05) is 22.0 Å². The second kappa shape index (κ2) is 5.19. The average molecular weight is 298 g/mol. The van der Waals surface area contributed by atoms with Crippen molar-refractivity contribution in [2.75, 3.05) is 6.61 Å². The van der Waals surface area contributed by atoms with E-state index in [0.717, 1.165) is 22.0 Å². The van der Waals surface area contributed by atoms with Crippen molar-refractivity contribution in [3.05, 3.63) is 33.8 Å². The Hall–Kier alpha value is -0.870. The van der Waals surface area contributed by atoms with Crippen LogP contribution in [-0.4, -0.2) is 12.6 Å². The van der Waals surface area contributed by atoms with Gasteiger partial charge in [0.15, 0.2) is 0 Å². The van der Waals surface area contributed by atoms with Gasteiger partial charge in [0.1, 0.15) is 0 Å². The van der Waals surface area contributed by atoms with Gasteiger partial charge in [-0.05, 0) is 43.0 Å². The molecule has 0 aliphatic heterocycles. The first-order valence-electron chi connectivity index (χ1n) is 5.82. The molecule has 2 rings (SSSR count). The summed E-state index contributed by atoms with van der Waals surface area (Å²) in [6.45, 7) is 2.25. The molecule has 1 aromatic carbocycles. The van der Waals surface area contributed by atoms with Gasteiger partial charge in [0.25, 0.3) is 0 Å². The molecule has 0 spiro atoms. The molecule has 4 heteroatoms. The van der Waals surface area contributed by atoms with Gasteiger partial charge in [-0.15, -0.1) is 0 Å². The van der Waals surface area contributed by atoms with Crippen LogP contribution in [0.25, 0.3) is 0 Å². The zero-order valence-corrected chi connectivity index (χ0v) is 11.4. The Morgan fingerprint density at radius 3 is 3.06 bits per heavy atom. The van der Waals surface area contributed by atoms with Crippen LogP contribution in [0.15, 0.2) is 22.7 Å². The Bertz CT molecular complexity index is 433. The minimum Gasteiger partial charge on any atom is -0.466 e. The van der Waals surface area contributed by atoms with Crippen molar-refractivity contribution >= 4 is 21.9 Å². The summed E-state index contributed by atoms with van der Waals surface area (Å²) in [6, 6.07) is 5.98. The van der Waals surface area contributed by atoms with E-state index < -0.39 is 0 Å². The van der Waals surface area contributed by atoms with Gasteiger partial charge in [0, 0.05) is 10.5 Å². The van der Waals surface area contributed by atoms with E-state index in [2.05, 4.69) is 15.9 Å². The Morgan fingerprint density at radius 2 is 2.35 bits per heavy atom. The third-order valence-electron chi connectivity index (χ3n) is 3.13. The topological polar surface area (TPSA) is 52.3 Å². The van der Waals surface area contributed by atoms with Crippen molar-refractivity contribution in [2.24, 2.45) is 11.7 Å². The number of rotatable bonds is 2. The number of benzene rings is 1. The van der Waals surface area contributed by atoms with Crippen LogP contribution in [0.4, 0.5) is 0 Å². The fourth-order valence-electron chi connectivity index (χ4n) is 2.32. The Balaban J connectivity index is 2.21. The van der Waals surface area contributed by atoms with E-state index in [0.29, 0.717) is 13.0 Å². The molecule has 1 aromatic rings. The highest BCUT2D eigenvalue weighted by atomic mass is 79.9. The first-order chi connectivity index (χ1) is 8.11. The standard InChI is InChI=1S/C13H16BrNO2/c1-2-17-13(16)9-5-8-3-4-10(14)7-11(8)12(15)6-9/h3-4,7,9,12H,2,5-6,15H2,1H3/t9-,12+/m0/s1. The lowest BCUT2D eigenvalue weighted by molar-refractivity contribution is -0.148. The summed E-state index contributed by atoms with van der Waals surface area (Å²) in [6.07, 6.45) is 1.40. The van der Waals surface area contributed by atoms with Gasteiger partial charge in [0.05, 0.1) is 12.5 Å². The summed E-state index contributed by atoms with van der Waals surface area (Å²) in [4.78, 5) is 11.7. The number of halogens is 1. The quantitative estimate of drug-likeness (QED) is 0.854. The zero-order valence-electron chi connectivity index (χ0n) is 9.78. The molecule has 3 nitrogen and oxygen atoms in total. The lowest BCUT2D eigenvalue weighted by Crippen LogP contribution is -2.30. The molecule has 0 unspecified atom stereocenters. The third-order valence-corrected chi connectivity index (χ3v) is 3.63. The van der Waals surface area contributed by atoms with Crippen molar-refractivity contribution in [1.29, 1.82) is 0 Å². The monoisotopic (exact) mass is 297 g/mol. The molecule has 1 aliphatic rings. The van der Waals surface area contributed by atoms with Crippen LogP contribution < -0.4 is 5.73 Å². The number of nitrogens with two attached hydrogens (primary N) is 1. The van der Waals surface area contributed by atoms with Gasteiger partial charge in [0.2, 0.25) is 0 Å². The largest absolute Gasteiger partial charge is 0.466 e. The SMILES string of the molecule is CCOC(=O)[C@H]1Cc2ccc(Br)cc2[C@H](N)C1. The van der Waals surface area contributed by atoms with Gasteiger partial charge in [-0.3, -0.25) is 4.79 Å². The predicted octanol–water partition coefficient (Wildman–Crippen LogP) is 2.57. The maximum atomic E-state index is 11.7. The lowest BCUT2D eigenvalue weighted by Gasteiger charge is -2.28. The highest BCUT2D eigenvalue weighted by molar-refractivity contribution is 9.10. The Morgan fingerprint density at radius 1 is 1.59 bits per heavy atom. The van der Waals surface area contributed by atoms with Gasteiger partial charge in [-0.25, -0.2) is 0 Å². The summed E-state index contributed by atoms with van der Waals surface area (Å²) in [5, 5.41) is 0. The fourth-order valence-corrected chi connectivity index (χ4v) is 2.70. The van der Waals surface area contributed by atoms with Crippen LogP contribution in [0.3, 0.4) is 0 Å². The van der Waals surface area contributed by atoms with Gasteiger partial charge >= 0.3 is 5.97 Å². The van der Waals surface area contributed by atoms with Crippen molar-refractivity contribution in [1.82, 2.24) is 0 Å². The van der Waals surface area contributed by atoms with Gasteiger partial charge < -0.3 is 10.5 Å². The average Bonchev–Trinajstić information content (AvgIpc) is 2.30. The summed E-state index contributed by atoms with van der Waals surface area (Å²) in [5.41, 5.74) is 8.41. The Labute approximate surface area is 109 Å². The first kappa shape index (κ1) is 12.6. The van der Waals surface area contributed by atoms with Crippen LogP contribution in [0.2, 0.25) is 0 Å². The molecule has 0 saturated heterocycles. The smallest absolute Gasteiger partial charge is 0.309 e. The molecule has 2 atom stereocenters. The molecule has 0 radical (unpaired) electrons. The number of carbonyl (C=O) groups excluding carboxylic acids is 1. The van der Waals surface area contributed by atoms with Crippen LogP contribution >= 0.6 is 15.9 Å². The van der Waals surface area contributed by atoms with Crippen molar-refractivity contribution in [2.45, 2.75) is 25.8 Å². The number of carbonyl (C=O) groups is 1. The maximum absolute atomic E-state index is 11.7. The molecule has 2 N–H and O–H groups in total. The summed E-state index contributed by atoms with van der Waals surface area (Å²) in [7, 11) is 0. The van der Waals surface area contributed by atoms with E-state index >= 15 is 0 Å². The molecule has 92 valence electrons. The summed E-state index contributed by atoms with van der Waals surface area (Å²) >= 11 is 3.44. The highest BCUT2D eigenvalue weighted by Crippen LogP contribution is 2.33. The molecule has 0 bridgehead atoms. The second-order valence-corrected chi connectivity index (χ2v) is 5.25. The fraction of sp³-hybridized carbons (Fsp3) is 0.462. The summed E-state index contributed by atoms with van der Waals surface area (Å²) in [5.74, 6) is -0.227. The normalized spacial score (nSPS) is 23.0. The van der Waals surface area contributed by atoms with E-state index in [1.54, 1.807) is 0 Å². The van der Waals surface area contributed by atoms with Crippen LogP contribution in [0, 0.1) is 5.92 Å². The molecular formula is C13H16BrNO2. The molecule has 0 aromatic heterocycles. The van der Waals surface area contributed by atoms with Crippen molar-refractivity contribution in [3.8, 4) is 0 Å². The molecule has 17 heavy (non-hydrogen) atoms. The van der Waals surface area contributed by atoms with Crippen LogP contribution in [-0.2, 0) is 16.0 Å². The molecular weight excluding hydrogens is 282 g/mol. The van der Waals surface area contributed by atoms with Crippen LogP contribution in [0.1, 0.15) is 30.5 Å². The number of ether oxygens (including phenoxy) is 1. The van der Waals surface area contributed by atoms with E-state index in [1.807, 2.05) is 25.1 Å². The molecule has 0 saturated carbocycles. The summed E-state index contributed by atoms with van der Waals surface area (Å²) < 4.78 is 6.09. The molecule has 0 heterocycles. The minimum absolute atomic E-state index is 0.0781. The van der Waals surface area contributed by atoms with E-state index in [9.17, 15) is 4.79 Å². The Kier molecular flexibility index (Phi) is 3.84. The number of hydrogen-bond donors (Lipinski definition) is 1. The number of fused-ring (bicyclic) bond motifs is 1. The van der Waals surface area contributed by atoms with E-state index in [1.165, 1.54) is 0 Å². The van der Waals surface area contributed by atoms with E-state index in [-0.39, 0.29) is 17.9 Å². The molecule has 1 aliphatic carbocycles. The lowest BCUT2D eigenvalue weighted by atomic mass is 9.81. The van der Waals surface area contributed by atoms with Crippen molar-refractivity contribution in [3.63, 3.8) is 0 Å². The molecule has 0 fully saturated rings. The number of esters is 1. The van der Waals surface area contributed by atoms with Gasteiger partial charge in [-0.2, -0.15) is 0 Å². The highest BCUT2D eigenvalue weighted by Gasteiger charge is 2.30. The third kappa shape index (κ3) is 2.69. The van der Waals surface area contributed by atoms with Crippen molar-refractivity contribution < 1.29 is 9.53 Å². The number of hydrogen-bond acceptors (Lipinski definition) is 3. The second-order valence-electron chi connectivity index (χ2n) is 4.34. The minimum atomic E-state index is -0.128. The maximum Gasteiger partial charge on any atom is 0.309 e. The van der Waals surface area contributed by atoms with E-state index in [4.69, 9.17) is 10.5 Å². The molecule has 0 amide bonds. The van der Waals surface area contributed by atoms with Crippen LogP contribution in [0.5, 0.6) is 0 Å². The predicted molar refractivity (Wildman–Crippen MR) is 69.5 cm³/mol.